The normalized spacial score (nSPS) is 18.1. The average Bonchev–Trinajstić information content (AvgIpc) is 2.41. The third-order valence-corrected chi connectivity index (χ3v) is 2.89. The van der Waals surface area contributed by atoms with Gasteiger partial charge in [0.1, 0.15) is 17.7 Å². The van der Waals surface area contributed by atoms with Crippen molar-refractivity contribution in [2.45, 2.75) is 18.9 Å². The Morgan fingerprint density at radius 3 is 2.80 bits per heavy atom. The molecule has 8 nitrogen and oxygen atoms in total. The summed E-state index contributed by atoms with van der Waals surface area (Å²) in [6.07, 6.45) is 0.561. The van der Waals surface area contributed by atoms with Crippen molar-refractivity contribution >= 4 is 23.2 Å². The van der Waals surface area contributed by atoms with Crippen molar-refractivity contribution in [1.29, 1.82) is 5.26 Å². The number of nitro benzene ring substituents is 1. The maximum absolute atomic E-state index is 11.6. The molecule has 0 spiro atoms. The topological polar surface area (TPSA) is 125 Å². The highest BCUT2D eigenvalue weighted by atomic mass is 16.6. The number of imide groups is 1. The molecule has 2 N–H and O–H groups in total. The molecular formula is C12H10N4O4. The van der Waals surface area contributed by atoms with Gasteiger partial charge in [-0.15, -0.1) is 0 Å². The third kappa shape index (κ3) is 2.72. The number of amides is 2. The molecule has 102 valence electrons. The fourth-order valence-electron chi connectivity index (χ4n) is 1.91. The first-order chi connectivity index (χ1) is 9.51. The monoisotopic (exact) mass is 274 g/mol. The lowest BCUT2D eigenvalue weighted by Gasteiger charge is -2.22. The Balaban J connectivity index is 2.18. The maximum atomic E-state index is 11.6. The number of benzene rings is 1. The summed E-state index contributed by atoms with van der Waals surface area (Å²) < 4.78 is 0. The molecule has 1 aliphatic rings. The summed E-state index contributed by atoms with van der Waals surface area (Å²) in [5.41, 5.74) is 0.0373. The minimum Gasteiger partial charge on any atom is -0.374 e. The van der Waals surface area contributed by atoms with Gasteiger partial charge in [-0.25, -0.2) is 0 Å². The number of nitrogens with zero attached hydrogens (tertiary/aromatic N) is 2. The highest BCUT2D eigenvalue weighted by Crippen LogP contribution is 2.23. The van der Waals surface area contributed by atoms with Crippen LogP contribution in [-0.2, 0) is 9.59 Å². The molecule has 2 rings (SSSR count). The summed E-state index contributed by atoms with van der Waals surface area (Å²) in [4.78, 5) is 32.6. The summed E-state index contributed by atoms with van der Waals surface area (Å²) in [5, 5.41) is 24.6. The molecule has 1 heterocycles. The van der Waals surface area contributed by atoms with E-state index >= 15 is 0 Å². The number of hydrogen-bond acceptors (Lipinski definition) is 6. The van der Waals surface area contributed by atoms with Crippen LogP contribution in [0.5, 0.6) is 0 Å². The number of carbonyl (C=O) groups excluding carboxylic acids is 2. The van der Waals surface area contributed by atoms with Crippen molar-refractivity contribution in [3.05, 3.63) is 33.9 Å². The van der Waals surface area contributed by atoms with Gasteiger partial charge in [0.2, 0.25) is 11.8 Å². The average molecular weight is 274 g/mol. The van der Waals surface area contributed by atoms with Gasteiger partial charge >= 0.3 is 0 Å². The smallest absolute Gasteiger partial charge is 0.287 e. The minimum absolute atomic E-state index is 0.0905. The molecule has 1 aromatic rings. The first-order valence-corrected chi connectivity index (χ1v) is 5.80. The summed E-state index contributed by atoms with van der Waals surface area (Å²) >= 11 is 0. The van der Waals surface area contributed by atoms with Gasteiger partial charge in [0.05, 0.1) is 4.92 Å². The SMILES string of the molecule is N#Cc1cc(NC2CCC(=O)NC2=O)ccc1[N+](=O)[O-]. The van der Waals surface area contributed by atoms with Gasteiger partial charge in [0.15, 0.2) is 0 Å². The highest BCUT2D eigenvalue weighted by molar-refractivity contribution is 6.01. The number of hydrogen-bond donors (Lipinski definition) is 2. The molecule has 2 amide bonds. The van der Waals surface area contributed by atoms with Crippen LogP contribution in [-0.4, -0.2) is 22.8 Å². The molecule has 1 fully saturated rings. The van der Waals surface area contributed by atoms with Crippen molar-refractivity contribution in [2.75, 3.05) is 5.32 Å². The van der Waals surface area contributed by atoms with Gasteiger partial charge in [-0.3, -0.25) is 25.0 Å². The van der Waals surface area contributed by atoms with Crippen LogP contribution in [0.15, 0.2) is 18.2 Å². The maximum Gasteiger partial charge on any atom is 0.287 e. The lowest BCUT2D eigenvalue weighted by molar-refractivity contribution is -0.385. The van der Waals surface area contributed by atoms with E-state index < -0.39 is 16.9 Å². The van der Waals surface area contributed by atoms with Gasteiger partial charge in [0, 0.05) is 18.2 Å². The molecule has 1 unspecified atom stereocenters. The zero-order valence-corrected chi connectivity index (χ0v) is 10.3. The van der Waals surface area contributed by atoms with E-state index in [-0.39, 0.29) is 23.6 Å². The molecular weight excluding hydrogens is 264 g/mol. The number of nitriles is 1. The van der Waals surface area contributed by atoms with Crippen LogP contribution >= 0.6 is 0 Å². The molecule has 1 aromatic carbocycles. The molecule has 0 aliphatic carbocycles. The summed E-state index contributed by atoms with van der Waals surface area (Å²) in [5.74, 6) is -0.771. The molecule has 0 saturated carbocycles. The predicted octanol–water partition coefficient (Wildman–Crippen LogP) is 0.684. The predicted molar refractivity (Wildman–Crippen MR) is 67.6 cm³/mol. The fourth-order valence-corrected chi connectivity index (χ4v) is 1.91. The molecule has 0 aromatic heterocycles. The van der Waals surface area contributed by atoms with E-state index in [9.17, 15) is 19.7 Å². The zero-order valence-electron chi connectivity index (χ0n) is 10.3. The fraction of sp³-hybridized carbons (Fsp3) is 0.250. The van der Waals surface area contributed by atoms with Gasteiger partial charge in [0.25, 0.3) is 5.69 Å². The summed E-state index contributed by atoms with van der Waals surface area (Å²) in [7, 11) is 0. The molecule has 1 aliphatic heterocycles. The number of carbonyl (C=O) groups is 2. The molecule has 0 bridgehead atoms. The highest BCUT2D eigenvalue weighted by Gasteiger charge is 2.26. The third-order valence-electron chi connectivity index (χ3n) is 2.89. The van der Waals surface area contributed by atoms with Crippen molar-refractivity contribution in [2.24, 2.45) is 0 Å². The first kappa shape index (κ1) is 13.5. The second-order valence-corrected chi connectivity index (χ2v) is 4.25. The van der Waals surface area contributed by atoms with E-state index in [1.807, 2.05) is 0 Å². The Hall–Kier alpha value is -2.95. The van der Waals surface area contributed by atoms with Crippen LogP contribution in [0.4, 0.5) is 11.4 Å². The lowest BCUT2D eigenvalue weighted by atomic mass is 10.1. The number of nitrogens with one attached hydrogen (secondary N) is 2. The second-order valence-electron chi connectivity index (χ2n) is 4.25. The van der Waals surface area contributed by atoms with Crippen LogP contribution in [0, 0.1) is 21.4 Å². The molecule has 8 heteroatoms. The number of piperidine rings is 1. The Kier molecular flexibility index (Phi) is 3.61. The van der Waals surface area contributed by atoms with E-state index in [0.29, 0.717) is 12.1 Å². The Bertz CT molecular complexity index is 635. The minimum atomic E-state index is -0.645. The van der Waals surface area contributed by atoms with Crippen LogP contribution in [0.3, 0.4) is 0 Å². The number of rotatable bonds is 3. The molecule has 1 saturated heterocycles. The van der Waals surface area contributed by atoms with Crippen LogP contribution in [0.1, 0.15) is 18.4 Å². The van der Waals surface area contributed by atoms with E-state index in [1.54, 1.807) is 6.07 Å². The molecule has 20 heavy (non-hydrogen) atoms. The van der Waals surface area contributed by atoms with Crippen molar-refractivity contribution < 1.29 is 14.5 Å². The molecule has 1 atom stereocenters. The zero-order chi connectivity index (χ0) is 14.7. The van der Waals surface area contributed by atoms with Crippen LogP contribution < -0.4 is 10.6 Å². The van der Waals surface area contributed by atoms with E-state index in [2.05, 4.69) is 10.6 Å². The largest absolute Gasteiger partial charge is 0.374 e. The first-order valence-electron chi connectivity index (χ1n) is 5.80. The number of anilines is 1. The van der Waals surface area contributed by atoms with E-state index in [0.717, 1.165) is 0 Å². The van der Waals surface area contributed by atoms with Gasteiger partial charge in [-0.2, -0.15) is 5.26 Å². The molecule has 0 radical (unpaired) electrons. The van der Waals surface area contributed by atoms with E-state index in [1.165, 1.54) is 18.2 Å². The second kappa shape index (κ2) is 5.36. The van der Waals surface area contributed by atoms with Gasteiger partial charge in [-0.1, -0.05) is 0 Å². The Labute approximate surface area is 113 Å². The Morgan fingerprint density at radius 2 is 2.20 bits per heavy atom. The lowest BCUT2D eigenvalue weighted by Crippen LogP contribution is -2.47. The van der Waals surface area contributed by atoms with E-state index in [4.69, 9.17) is 5.26 Å². The standard InChI is InChI=1S/C12H10N4O4/c13-6-7-5-8(1-3-10(7)16(19)20)14-9-2-4-11(17)15-12(9)18/h1,3,5,9,14H,2,4H2,(H,15,17,18). The van der Waals surface area contributed by atoms with Crippen LogP contribution in [0.25, 0.3) is 0 Å². The summed E-state index contributed by atoms with van der Waals surface area (Å²) in [6, 6.07) is 5.07. The van der Waals surface area contributed by atoms with Crippen molar-refractivity contribution in [3.8, 4) is 6.07 Å². The number of nitro groups is 1. The quantitative estimate of drug-likeness (QED) is 0.474. The van der Waals surface area contributed by atoms with Crippen molar-refractivity contribution in [3.63, 3.8) is 0 Å². The van der Waals surface area contributed by atoms with Gasteiger partial charge < -0.3 is 5.32 Å². The van der Waals surface area contributed by atoms with Crippen LogP contribution in [0.2, 0.25) is 0 Å². The Morgan fingerprint density at radius 1 is 1.45 bits per heavy atom. The summed E-state index contributed by atoms with van der Waals surface area (Å²) in [6.45, 7) is 0. The van der Waals surface area contributed by atoms with Crippen molar-refractivity contribution in [1.82, 2.24) is 5.32 Å². The van der Waals surface area contributed by atoms with Gasteiger partial charge in [-0.05, 0) is 18.6 Å².